The van der Waals surface area contributed by atoms with Crippen LogP contribution < -0.4 is 5.73 Å². The van der Waals surface area contributed by atoms with Crippen LogP contribution in [0, 0.1) is 19.7 Å². The molecular weight excluding hydrogens is 245 g/mol. The Labute approximate surface area is 113 Å². The second-order valence-corrected chi connectivity index (χ2v) is 4.77. The summed E-state index contributed by atoms with van der Waals surface area (Å²) < 4.78 is 18.4. The summed E-state index contributed by atoms with van der Waals surface area (Å²) >= 11 is 0. The second-order valence-electron chi connectivity index (χ2n) is 4.77. The molecule has 19 heavy (non-hydrogen) atoms. The number of hydrogen-bond acceptors (Lipinski definition) is 3. The van der Waals surface area contributed by atoms with E-state index in [0.717, 1.165) is 5.56 Å². The minimum absolute atomic E-state index is 0.174. The molecule has 0 aliphatic heterocycles. The zero-order valence-corrected chi connectivity index (χ0v) is 11.8. The molecule has 3 nitrogen and oxygen atoms in total. The van der Waals surface area contributed by atoms with Crippen molar-refractivity contribution in [1.29, 1.82) is 0 Å². The van der Waals surface area contributed by atoms with Crippen molar-refractivity contribution < 1.29 is 13.9 Å². The Morgan fingerprint density at radius 1 is 1.37 bits per heavy atom. The quantitative estimate of drug-likeness (QED) is 0.805. The highest BCUT2D eigenvalue weighted by Crippen LogP contribution is 2.22. The molecule has 0 spiro atoms. The van der Waals surface area contributed by atoms with Crippen LogP contribution in [-0.4, -0.2) is 12.6 Å². The molecule has 106 valence electrons. The minimum atomic E-state index is -0.193. The topological polar surface area (TPSA) is 52.3 Å². The summed E-state index contributed by atoms with van der Waals surface area (Å²) in [5, 5.41) is 0. The molecule has 0 saturated carbocycles. The number of esters is 1. The molecule has 2 N–H and O–H groups in total. The van der Waals surface area contributed by atoms with Gasteiger partial charge in [-0.3, -0.25) is 4.79 Å². The Morgan fingerprint density at radius 3 is 2.47 bits per heavy atom. The molecule has 0 radical (unpaired) electrons. The largest absolute Gasteiger partial charge is 0.466 e. The van der Waals surface area contributed by atoms with E-state index in [-0.39, 0.29) is 17.8 Å². The van der Waals surface area contributed by atoms with Crippen LogP contribution >= 0.6 is 0 Å². The van der Waals surface area contributed by atoms with Crippen LogP contribution in [-0.2, 0) is 9.53 Å². The third kappa shape index (κ3) is 4.63. The van der Waals surface area contributed by atoms with Gasteiger partial charge >= 0.3 is 5.97 Å². The first-order valence-corrected chi connectivity index (χ1v) is 6.63. The second kappa shape index (κ2) is 7.24. The maximum absolute atomic E-state index is 13.5. The fourth-order valence-corrected chi connectivity index (χ4v) is 2.06. The summed E-state index contributed by atoms with van der Waals surface area (Å²) in [5.41, 5.74) is 8.20. The fraction of sp³-hybridized carbons (Fsp3) is 0.533. The molecule has 4 heteroatoms. The number of nitrogens with two attached hydrogens (primary N) is 1. The fourth-order valence-electron chi connectivity index (χ4n) is 2.06. The molecule has 1 aromatic rings. The molecule has 0 aliphatic rings. The average molecular weight is 267 g/mol. The lowest BCUT2D eigenvalue weighted by Gasteiger charge is -2.14. The van der Waals surface area contributed by atoms with Crippen molar-refractivity contribution in [3.8, 4) is 0 Å². The Balaban J connectivity index is 2.54. The van der Waals surface area contributed by atoms with Crippen molar-refractivity contribution >= 4 is 5.97 Å². The molecular formula is C15H22FNO2. The van der Waals surface area contributed by atoms with E-state index in [4.69, 9.17) is 10.5 Å². The van der Waals surface area contributed by atoms with Crippen LogP contribution in [0.3, 0.4) is 0 Å². The van der Waals surface area contributed by atoms with Crippen molar-refractivity contribution in [3.63, 3.8) is 0 Å². The summed E-state index contributed by atoms with van der Waals surface area (Å²) in [6.45, 7) is 5.66. The van der Waals surface area contributed by atoms with E-state index in [9.17, 15) is 9.18 Å². The molecule has 0 aromatic heterocycles. The van der Waals surface area contributed by atoms with Gasteiger partial charge in [0.25, 0.3) is 0 Å². The number of carbonyl (C=O) groups is 1. The van der Waals surface area contributed by atoms with E-state index in [2.05, 4.69) is 0 Å². The van der Waals surface area contributed by atoms with Gasteiger partial charge in [0.05, 0.1) is 6.61 Å². The number of benzene rings is 1. The monoisotopic (exact) mass is 267 g/mol. The van der Waals surface area contributed by atoms with Gasteiger partial charge in [-0.05, 0) is 50.3 Å². The van der Waals surface area contributed by atoms with Gasteiger partial charge in [0.15, 0.2) is 0 Å². The van der Waals surface area contributed by atoms with Crippen LogP contribution in [0.25, 0.3) is 0 Å². The number of halogens is 1. The highest BCUT2D eigenvalue weighted by Gasteiger charge is 2.11. The molecule has 0 amide bonds. The molecule has 1 unspecified atom stereocenters. The normalized spacial score (nSPS) is 12.3. The molecule has 0 bridgehead atoms. The third-order valence-corrected chi connectivity index (χ3v) is 3.09. The first-order chi connectivity index (χ1) is 8.95. The zero-order valence-electron chi connectivity index (χ0n) is 11.8. The van der Waals surface area contributed by atoms with Gasteiger partial charge in [-0.2, -0.15) is 0 Å². The van der Waals surface area contributed by atoms with Gasteiger partial charge in [-0.1, -0.05) is 12.1 Å². The van der Waals surface area contributed by atoms with Crippen molar-refractivity contribution in [1.82, 2.24) is 0 Å². The molecule has 0 fully saturated rings. The van der Waals surface area contributed by atoms with Crippen molar-refractivity contribution in [2.45, 2.75) is 46.1 Å². The first kappa shape index (κ1) is 15.6. The first-order valence-electron chi connectivity index (χ1n) is 6.63. The predicted octanol–water partition coefficient (Wildman–Crippen LogP) is 3.18. The van der Waals surface area contributed by atoms with Gasteiger partial charge in [0.1, 0.15) is 5.82 Å². The van der Waals surface area contributed by atoms with E-state index < -0.39 is 0 Å². The van der Waals surface area contributed by atoms with Gasteiger partial charge < -0.3 is 10.5 Å². The average Bonchev–Trinajstić information content (AvgIpc) is 2.35. The molecule has 0 saturated heterocycles. The molecule has 0 aliphatic carbocycles. The third-order valence-electron chi connectivity index (χ3n) is 3.09. The van der Waals surface area contributed by atoms with Gasteiger partial charge in [0, 0.05) is 12.5 Å². The zero-order chi connectivity index (χ0) is 14.4. The molecule has 1 aromatic carbocycles. The Hall–Kier alpha value is -1.42. The standard InChI is InChI=1S/C15H22FNO2/c1-4-19-14(18)7-5-6-13(17)12-8-10(2)15(16)11(3)9-12/h8-9,13H,4-7,17H2,1-3H3. The highest BCUT2D eigenvalue weighted by atomic mass is 19.1. The number of hydrogen-bond donors (Lipinski definition) is 1. The predicted molar refractivity (Wildman–Crippen MR) is 73.3 cm³/mol. The lowest BCUT2D eigenvalue weighted by Crippen LogP contribution is -2.12. The van der Waals surface area contributed by atoms with Crippen molar-refractivity contribution in [3.05, 3.63) is 34.6 Å². The number of rotatable bonds is 6. The Morgan fingerprint density at radius 2 is 1.95 bits per heavy atom. The summed E-state index contributed by atoms with van der Waals surface area (Å²) in [5.74, 6) is -0.372. The van der Waals surface area contributed by atoms with E-state index in [1.165, 1.54) is 0 Å². The maximum Gasteiger partial charge on any atom is 0.305 e. The SMILES string of the molecule is CCOC(=O)CCCC(N)c1cc(C)c(F)c(C)c1. The number of ether oxygens (including phenoxy) is 1. The van der Waals surface area contributed by atoms with Gasteiger partial charge in [-0.25, -0.2) is 4.39 Å². The Bertz CT molecular complexity index is 423. The van der Waals surface area contributed by atoms with Crippen molar-refractivity contribution in [2.24, 2.45) is 5.73 Å². The van der Waals surface area contributed by atoms with Crippen LogP contribution in [0.4, 0.5) is 4.39 Å². The minimum Gasteiger partial charge on any atom is -0.466 e. The number of carbonyl (C=O) groups excluding carboxylic acids is 1. The van der Waals surface area contributed by atoms with E-state index in [0.29, 0.717) is 37.0 Å². The Kier molecular flexibility index (Phi) is 5.96. The lowest BCUT2D eigenvalue weighted by molar-refractivity contribution is -0.143. The summed E-state index contributed by atoms with van der Waals surface area (Å²) in [4.78, 5) is 11.2. The summed E-state index contributed by atoms with van der Waals surface area (Å²) in [7, 11) is 0. The van der Waals surface area contributed by atoms with E-state index in [1.54, 1.807) is 32.9 Å². The van der Waals surface area contributed by atoms with E-state index in [1.807, 2.05) is 0 Å². The van der Waals surface area contributed by atoms with Crippen molar-refractivity contribution in [2.75, 3.05) is 6.61 Å². The van der Waals surface area contributed by atoms with Crippen LogP contribution in [0.5, 0.6) is 0 Å². The summed E-state index contributed by atoms with van der Waals surface area (Å²) in [6, 6.07) is 3.38. The van der Waals surface area contributed by atoms with E-state index >= 15 is 0 Å². The lowest BCUT2D eigenvalue weighted by atomic mass is 9.97. The maximum atomic E-state index is 13.5. The molecule has 0 heterocycles. The van der Waals surface area contributed by atoms with Crippen LogP contribution in [0.2, 0.25) is 0 Å². The molecule has 1 rings (SSSR count). The van der Waals surface area contributed by atoms with Gasteiger partial charge in [0.2, 0.25) is 0 Å². The molecule has 1 atom stereocenters. The van der Waals surface area contributed by atoms with Crippen LogP contribution in [0.15, 0.2) is 12.1 Å². The highest BCUT2D eigenvalue weighted by molar-refractivity contribution is 5.69. The number of aryl methyl sites for hydroxylation is 2. The summed E-state index contributed by atoms with van der Waals surface area (Å²) in [6.07, 6.45) is 1.74. The smallest absolute Gasteiger partial charge is 0.305 e. The van der Waals surface area contributed by atoms with Crippen LogP contribution in [0.1, 0.15) is 48.9 Å². The van der Waals surface area contributed by atoms with Gasteiger partial charge in [-0.15, -0.1) is 0 Å².